The van der Waals surface area contributed by atoms with Gasteiger partial charge < -0.3 is 4.90 Å². The summed E-state index contributed by atoms with van der Waals surface area (Å²) in [6, 6.07) is 9.93. The standard InChI is InChI=1S/C19H23N5OS3/c1-3-4-10-26-18-21-22-19(28-18)27-14-17(25)23(2)12-15-11-20-24(13-15)16-8-6-5-7-9-16/h5-9,11,13H,3-4,10,12,14H2,1-2H3. The highest BCUT2D eigenvalue weighted by atomic mass is 32.2. The Morgan fingerprint density at radius 3 is 2.68 bits per heavy atom. The van der Waals surface area contributed by atoms with Crippen molar-refractivity contribution in [2.75, 3.05) is 18.6 Å². The largest absolute Gasteiger partial charge is 0.341 e. The Hall–Kier alpha value is -1.84. The van der Waals surface area contributed by atoms with Crippen molar-refractivity contribution >= 4 is 40.8 Å². The number of hydrogen-bond donors (Lipinski definition) is 0. The van der Waals surface area contributed by atoms with Gasteiger partial charge in [-0.05, 0) is 18.6 Å². The Balaban J connectivity index is 1.47. The molecule has 1 aromatic carbocycles. The molecule has 0 aliphatic heterocycles. The molecule has 28 heavy (non-hydrogen) atoms. The molecule has 0 N–H and O–H groups in total. The number of carbonyl (C=O) groups excluding carboxylic acids is 1. The number of para-hydroxylation sites is 1. The van der Waals surface area contributed by atoms with Gasteiger partial charge >= 0.3 is 0 Å². The lowest BCUT2D eigenvalue weighted by Gasteiger charge is -2.15. The van der Waals surface area contributed by atoms with Crippen LogP contribution in [0.3, 0.4) is 0 Å². The summed E-state index contributed by atoms with van der Waals surface area (Å²) in [6.07, 6.45) is 6.11. The average Bonchev–Trinajstić information content (AvgIpc) is 3.36. The van der Waals surface area contributed by atoms with Gasteiger partial charge in [0, 0.05) is 31.1 Å². The van der Waals surface area contributed by atoms with Gasteiger partial charge in [0.2, 0.25) is 5.91 Å². The third kappa shape index (κ3) is 6.08. The normalized spacial score (nSPS) is 10.9. The van der Waals surface area contributed by atoms with Crippen molar-refractivity contribution in [2.24, 2.45) is 0 Å². The highest BCUT2D eigenvalue weighted by Crippen LogP contribution is 2.29. The molecule has 0 aliphatic rings. The molecule has 0 fully saturated rings. The maximum absolute atomic E-state index is 12.4. The minimum absolute atomic E-state index is 0.0628. The van der Waals surface area contributed by atoms with E-state index in [1.165, 1.54) is 24.6 Å². The Morgan fingerprint density at radius 1 is 1.18 bits per heavy atom. The molecule has 0 bridgehead atoms. The lowest BCUT2D eigenvalue weighted by Crippen LogP contribution is -2.27. The number of unbranched alkanes of at least 4 members (excludes halogenated alkanes) is 1. The quantitative estimate of drug-likeness (QED) is 0.349. The second-order valence-electron chi connectivity index (χ2n) is 6.20. The van der Waals surface area contributed by atoms with E-state index in [1.807, 2.05) is 48.3 Å². The summed E-state index contributed by atoms with van der Waals surface area (Å²) < 4.78 is 3.64. The van der Waals surface area contributed by atoms with Crippen LogP contribution in [0.5, 0.6) is 0 Å². The third-order valence-corrected chi connectivity index (χ3v) is 7.19. The Morgan fingerprint density at radius 2 is 1.93 bits per heavy atom. The van der Waals surface area contributed by atoms with E-state index in [0.717, 1.165) is 25.7 Å². The summed E-state index contributed by atoms with van der Waals surface area (Å²) in [4.78, 5) is 14.2. The van der Waals surface area contributed by atoms with Crippen molar-refractivity contribution in [1.82, 2.24) is 24.9 Å². The van der Waals surface area contributed by atoms with Gasteiger partial charge in [0.25, 0.3) is 0 Å². The van der Waals surface area contributed by atoms with Crippen LogP contribution in [0, 0.1) is 0 Å². The second-order valence-corrected chi connectivity index (χ2v) is 9.75. The van der Waals surface area contributed by atoms with Crippen LogP contribution in [0.1, 0.15) is 25.3 Å². The number of nitrogens with zero attached hydrogens (tertiary/aromatic N) is 5. The van der Waals surface area contributed by atoms with Gasteiger partial charge in [-0.15, -0.1) is 10.2 Å². The molecular formula is C19H23N5OS3. The van der Waals surface area contributed by atoms with Gasteiger partial charge in [-0.25, -0.2) is 4.68 Å². The summed E-state index contributed by atoms with van der Waals surface area (Å²) in [6.45, 7) is 2.71. The van der Waals surface area contributed by atoms with Gasteiger partial charge in [-0.1, -0.05) is 66.4 Å². The third-order valence-electron chi connectivity index (χ3n) is 3.93. The van der Waals surface area contributed by atoms with Crippen molar-refractivity contribution in [3.8, 4) is 5.69 Å². The minimum Gasteiger partial charge on any atom is -0.341 e. The highest BCUT2D eigenvalue weighted by molar-refractivity contribution is 8.03. The molecular weight excluding hydrogens is 410 g/mol. The van der Waals surface area contributed by atoms with Crippen LogP contribution in [0.2, 0.25) is 0 Å². The van der Waals surface area contributed by atoms with E-state index in [1.54, 1.807) is 34.2 Å². The fourth-order valence-electron chi connectivity index (χ4n) is 2.38. The van der Waals surface area contributed by atoms with Crippen molar-refractivity contribution in [1.29, 1.82) is 0 Å². The molecule has 0 aliphatic carbocycles. The SMILES string of the molecule is CCCCSc1nnc(SCC(=O)N(C)Cc2cnn(-c3ccccc3)c2)s1. The number of hydrogen-bond acceptors (Lipinski definition) is 7. The zero-order chi connectivity index (χ0) is 19.8. The Kier molecular flexibility index (Phi) is 7.93. The van der Waals surface area contributed by atoms with Gasteiger partial charge in [0.05, 0.1) is 17.6 Å². The van der Waals surface area contributed by atoms with Gasteiger partial charge in [0.15, 0.2) is 8.68 Å². The summed E-state index contributed by atoms with van der Waals surface area (Å²) in [7, 11) is 1.81. The first kappa shape index (κ1) is 20.9. The van der Waals surface area contributed by atoms with Crippen LogP contribution in [-0.4, -0.2) is 49.3 Å². The zero-order valence-electron chi connectivity index (χ0n) is 15.9. The monoisotopic (exact) mass is 433 g/mol. The molecule has 6 nitrogen and oxygen atoms in total. The summed E-state index contributed by atoms with van der Waals surface area (Å²) >= 11 is 4.75. The fourth-order valence-corrected chi connectivity index (χ4v) is 5.49. The molecule has 3 aromatic rings. The van der Waals surface area contributed by atoms with Gasteiger partial charge in [-0.2, -0.15) is 5.10 Å². The van der Waals surface area contributed by atoms with Crippen LogP contribution < -0.4 is 0 Å². The first-order valence-electron chi connectivity index (χ1n) is 9.07. The number of benzene rings is 1. The molecule has 0 atom stereocenters. The Bertz CT molecular complexity index is 881. The predicted molar refractivity (Wildman–Crippen MR) is 116 cm³/mol. The zero-order valence-corrected chi connectivity index (χ0v) is 18.4. The maximum Gasteiger partial charge on any atom is 0.233 e. The molecule has 0 radical (unpaired) electrons. The number of carbonyl (C=O) groups is 1. The molecule has 0 saturated heterocycles. The average molecular weight is 434 g/mol. The molecule has 0 unspecified atom stereocenters. The highest BCUT2D eigenvalue weighted by Gasteiger charge is 2.13. The topological polar surface area (TPSA) is 63.9 Å². The maximum atomic E-state index is 12.4. The number of amides is 1. The molecule has 2 aromatic heterocycles. The van der Waals surface area contributed by atoms with Crippen molar-refractivity contribution < 1.29 is 4.79 Å². The van der Waals surface area contributed by atoms with E-state index < -0.39 is 0 Å². The van der Waals surface area contributed by atoms with Crippen LogP contribution in [0.25, 0.3) is 5.69 Å². The Labute approximate surface area is 177 Å². The van der Waals surface area contributed by atoms with E-state index in [2.05, 4.69) is 22.2 Å². The number of thioether (sulfide) groups is 2. The van der Waals surface area contributed by atoms with Crippen LogP contribution in [-0.2, 0) is 11.3 Å². The molecule has 0 saturated carbocycles. The van der Waals surface area contributed by atoms with Crippen LogP contribution in [0.4, 0.5) is 0 Å². The summed E-state index contributed by atoms with van der Waals surface area (Å²) in [5.74, 6) is 1.49. The second kappa shape index (κ2) is 10.6. The molecule has 3 rings (SSSR count). The summed E-state index contributed by atoms with van der Waals surface area (Å²) in [5.41, 5.74) is 2.00. The van der Waals surface area contributed by atoms with Crippen molar-refractivity contribution in [3.63, 3.8) is 0 Å². The van der Waals surface area contributed by atoms with Gasteiger partial charge in [0.1, 0.15) is 0 Å². The van der Waals surface area contributed by atoms with E-state index in [4.69, 9.17) is 0 Å². The van der Waals surface area contributed by atoms with Gasteiger partial charge in [-0.3, -0.25) is 4.79 Å². The molecule has 9 heteroatoms. The molecule has 2 heterocycles. The first-order valence-corrected chi connectivity index (χ1v) is 11.9. The van der Waals surface area contributed by atoms with Crippen LogP contribution in [0.15, 0.2) is 51.4 Å². The van der Waals surface area contributed by atoms with Crippen molar-refractivity contribution in [3.05, 3.63) is 48.3 Å². The summed E-state index contributed by atoms with van der Waals surface area (Å²) in [5, 5.41) is 12.7. The molecule has 148 valence electrons. The minimum atomic E-state index is 0.0628. The smallest absolute Gasteiger partial charge is 0.233 e. The molecule has 1 amide bonds. The van der Waals surface area contributed by atoms with E-state index >= 15 is 0 Å². The van der Waals surface area contributed by atoms with E-state index in [9.17, 15) is 4.79 Å². The van der Waals surface area contributed by atoms with E-state index in [0.29, 0.717) is 12.3 Å². The predicted octanol–water partition coefficient (Wildman–Crippen LogP) is 4.37. The first-order chi connectivity index (χ1) is 13.7. The number of rotatable bonds is 10. The van der Waals surface area contributed by atoms with E-state index in [-0.39, 0.29) is 5.91 Å². The lowest BCUT2D eigenvalue weighted by atomic mass is 10.3. The lowest BCUT2D eigenvalue weighted by molar-refractivity contribution is -0.127. The van der Waals surface area contributed by atoms with Crippen LogP contribution >= 0.6 is 34.9 Å². The fraction of sp³-hybridized carbons (Fsp3) is 0.368. The van der Waals surface area contributed by atoms with Crippen molar-refractivity contribution in [2.45, 2.75) is 35.0 Å². The number of aromatic nitrogens is 4. The molecule has 0 spiro atoms.